The van der Waals surface area contributed by atoms with Crippen LogP contribution in [0.2, 0.25) is 0 Å². The second-order valence-electron chi connectivity index (χ2n) is 7.84. The molecule has 3 amide bonds. The summed E-state index contributed by atoms with van der Waals surface area (Å²) in [4.78, 5) is 38.8. The molecule has 7 nitrogen and oxygen atoms in total. The van der Waals surface area contributed by atoms with Gasteiger partial charge in [0.15, 0.2) is 0 Å². The van der Waals surface area contributed by atoms with Crippen LogP contribution in [0.4, 0.5) is 11.4 Å². The number of hydrogen-bond donors (Lipinski definition) is 3. The third-order valence-electron chi connectivity index (χ3n) is 5.38. The predicted molar refractivity (Wildman–Crippen MR) is 122 cm³/mol. The zero-order chi connectivity index (χ0) is 22.2. The molecule has 1 unspecified atom stereocenters. The van der Waals surface area contributed by atoms with Crippen LogP contribution in [0.3, 0.4) is 0 Å². The molecule has 1 aliphatic heterocycles. The van der Waals surface area contributed by atoms with E-state index < -0.39 is 0 Å². The molecule has 0 spiro atoms. The lowest BCUT2D eigenvalue weighted by atomic mass is 10.1. The smallest absolute Gasteiger partial charge is 0.253 e. The minimum atomic E-state index is -0.215. The number of benzene rings is 2. The second-order valence-corrected chi connectivity index (χ2v) is 7.84. The molecule has 0 aromatic heterocycles. The van der Waals surface area contributed by atoms with E-state index in [4.69, 9.17) is 0 Å². The summed E-state index contributed by atoms with van der Waals surface area (Å²) in [6.45, 7) is 5.64. The molecule has 2 aromatic rings. The Kier molecular flexibility index (Phi) is 7.65. The van der Waals surface area contributed by atoms with Crippen molar-refractivity contribution >= 4 is 29.1 Å². The van der Waals surface area contributed by atoms with Gasteiger partial charge in [-0.25, -0.2) is 0 Å². The Hall–Kier alpha value is -3.35. The Labute approximate surface area is 183 Å². The van der Waals surface area contributed by atoms with Crippen molar-refractivity contribution in [1.29, 1.82) is 0 Å². The lowest BCUT2D eigenvalue weighted by molar-refractivity contribution is -0.114. The quantitative estimate of drug-likeness (QED) is 0.607. The first-order valence-electron chi connectivity index (χ1n) is 10.8. The Morgan fingerprint density at radius 2 is 1.68 bits per heavy atom. The highest BCUT2D eigenvalue weighted by molar-refractivity contribution is 5.97. The molecule has 2 aromatic carbocycles. The lowest BCUT2D eigenvalue weighted by Crippen LogP contribution is -2.31. The van der Waals surface area contributed by atoms with Gasteiger partial charge in [-0.1, -0.05) is 13.0 Å². The minimum absolute atomic E-state index is 0.0306. The Bertz CT molecular complexity index is 921. The van der Waals surface area contributed by atoms with E-state index in [9.17, 15) is 14.4 Å². The molecule has 0 saturated carbocycles. The minimum Gasteiger partial charge on any atom is -0.376 e. The molecule has 1 saturated heterocycles. The highest BCUT2D eigenvalue weighted by Gasteiger charge is 2.19. The van der Waals surface area contributed by atoms with E-state index in [2.05, 4.69) is 16.0 Å². The molecule has 3 N–H and O–H groups in total. The van der Waals surface area contributed by atoms with Crippen molar-refractivity contribution in [1.82, 2.24) is 10.2 Å². The number of carbonyl (C=O) groups excluding carboxylic acids is 3. The van der Waals surface area contributed by atoms with E-state index in [1.807, 2.05) is 30.9 Å². The van der Waals surface area contributed by atoms with E-state index in [0.29, 0.717) is 16.8 Å². The van der Waals surface area contributed by atoms with Gasteiger partial charge in [0.1, 0.15) is 0 Å². The molecular weight excluding hydrogens is 392 g/mol. The highest BCUT2D eigenvalue weighted by Crippen LogP contribution is 2.16. The molecule has 0 radical (unpaired) electrons. The van der Waals surface area contributed by atoms with Crippen LogP contribution in [0.25, 0.3) is 0 Å². The van der Waals surface area contributed by atoms with Crippen molar-refractivity contribution < 1.29 is 14.4 Å². The largest absolute Gasteiger partial charge is 0.376 e. The van der Waals surface area contributed by atoms with E-state index in [1.165, 1.54) is 0 Å². The first kappa shape index (κ1) is 22.3. The van der Waals surface area contributed by atoms with Crippen molar-refractivity contribution in [3.05, 3.63) is 59.7 Å². The molecule has 7 heteroatoms. The fourth-order valence-electron chi connectivity index (χ4n) is 3.37. The van der Waals surface area contributed by atoms with Crippen LogP contribution in [0, 0.1) is 0 Å². The van der Waals surface area contributed by atoms with Crippen LogP contribution in [0.15, 0.2) is 48.5 Å². The summed E-state index contributed by atoms with van der Waals surface area (Å²) in [7, 11) is 0. The molecule has 1 heterocycles. The Morgan fingerprint density at radius 3 is 2.35 bits per heavy atom. The van der Waals surface area contributed by atoms with Crippen molar-refractivity contribution in [3.63, 3.8) is 0 Å². The van der Waals surface area contributed by atoms with Gasteiger partial charge in [-0.2, -0.15) is 0 Å². The van der Waals surface area contributed by atoms with Gasteiger partial charge in [0.25, 0.3) is 11.8 Å². The Balaban J connectivity index is 1.50. The molecule has 1 aliphatic rings. The third kappa shape index (κ3) is 6.31. The van der Waals surface area contributed by atoms with Crippen molar-refractivity contribution in [3.8, 4) is 0 Å². The number of likely N-dealkylation sites (tertiary alicyclic amines) is 1. The van der Waals surface area contributed by atoms with Gasteiger partial charge in [0.05, 0.1) is 6.54 Å². The van der Waals surface area contributed by atoms with Crippen molar-refractivity contribution in [2.75, 3.05) is 30.3 Å². The van der Waals surface area contributed by atoms with Gasteiger partial charge < -0.3 is 20.9 Å². The number of anilines is 2. The van der Waals surface area contributed by atoms with Crippen LogP contribution in [0.1, 0.15) is 53.8 Å². The van der Waals surface area contributed by atoms with Gasteiger partial charge >= 0.3 is 0 Å². The number of hydrogen-bond acceptors (Lipinski definition) is 4. The van der Waals surface area contributed by atoms with Crippen LogP contribution in [0.5, 0.6) is 0 Å². The number of carbonyl (C=O) groups is 3. The summed E-state index contributed by atoms with van der Waals surface area (Å²) in [5.41, 5.74) is 2.51. The second kappa shape index (κ2) is 10.6. The molecule has 164 valence electrons. The monoisotopic (exact) mass is 422 g/mol. The van der Waals surface area contributed by atoms with E-state index in [-0.39, 0.29) is 30.3 Å². The maximum Gasteiger partial charge on any atom is 0.253 e. The molecule has 0 aliphatic carbocycles. The molecule has 3 rings (SSSR count). The fourth-order valence-corrected chi connectivity index (χ4v) is 3.37. The maximum absolute atomic E-state index is 12.5. The van der Waals surface area contributed by atoms with Gasteiger partial charge in [-0.15, -0.1) is 0 Å². The van der Waals surface area contributed by atoms with Crippen molar-refractivity contribution in [2.45, 2.75) is 39.2 Å². The molecular formula is C24H30N4O3. The number of nitrogens with one attached hydrogen (secondary N) is 3. The van der Waals surface area contributed by atoms with Crippen LogP contribution < -0.4 is 16.0 Å². The van der Waals surface area contributed by atoms with E-state index in [1.54, 1.807) is 36.4 Å². The zero-order valence-electron chi connectivity index (χ0n) is 18.1. The number of nitrogens with zero attached hydrogens (tertiary/aromatic N) is 1. The maximum atomic E-state index is 12.5. The summed E-state index contributed by atoms with van der Waals surface area (Å²) in [5.74, 6) is -0.312. The topological polar surface area (TPSA) is 90.5 Å². The highest BCUT2D eigenvalue weighted by atomic mass is 16.2. The van der Waals surface area contributed by atoms with Gasteiger partial charge in [0.2, 0.25) is 5.91 Å². The third-order valence-corrected chi connectivity index (χ3v) is 5.38. The summed E-state index contributed by atoms with van der Waals surface area (Å²) in [5, 5.41) is 8.78. The SMILES string of the molecule is CCC(C)NC(=O)c1ccc(NC(=O)CNc2cccc(C(=O)N3CCCC3)c2)cc1. The summed E-state index contributed by atoms with van der Waals surface area (Å²) >= 11 is 0. The predicted octanol–water partition coefficient (Wildman–Crippen LogP) is 3.50. The first-order valence-corrected chi connectivity index (χ1v) is 10.8. The first-order chi connectivity index (χ1) is 15.0. The molecule has 1 atom stereocenters. The van der Waals surface area contributed by atoms with Crippen molar-refractivity contribution in [2.24, 2.45) is 0 Å². The molecule has 31 heavy (non-hydrogen) atoms. The number of amides is 3. The zero-order valence-corrected chi connectivity index (χ0v) is 18.1. The average molecular weight is 423 g/mol. The van der Waals surface area contributed by atoms with Gasteiger partial charge in [-0.05, 0) is 68.7 Å². The van der Waals surface area contributed by atoms with Crippen LogP contribution in [-0.2, 0) is 4.79 Å². The van der Waals surface area contributed by atoms with Gasteiger partial charge in [-0.3, -0.25) is 14.4 Å². The summed E-state index contributed by atoms with van der Waals surface area (Å²) in [6, 6.07) is 14.1. The number of rotatable bonds is 8. The van der Waals surface area contributed by atoms with E-state index >= 15 is 0 Å². The lowest BCUT2D eigenvalue weighted by Gasteiger charge is -2.16. The summed E-state index contributed by atoms with van der Waals surface area (Å²) < 4.78 is 0. The molecule has 1 fully saturated rings. The fraction of sp³-hybridized carbons (Fsp3) is 0.375. The normalized spacial score (nSPS) is 14.1. The van der Waals surface area contributed by atoms with Gasteiger partial charge in [0, 0.05) is 41.6 Å². The van der Waals surface area contributed by atoms with Crippen LogP contribution >= 0.6 is 0 Å². The van der Waals surface area contributed by atoms with E-state index in [0.717, 1.165) is 38.0 Å². The summed E-state index contributed by atoms with van der Waals surface area (Å²) in [6.07, 6.45) is 2.96. The molecule has 0 bridgehead atoms. The average Bonchev–Trinajstić information content (AvgIpc) is 3.32. The standard InChI is InChI=1S/C24H30N4O3/c1-3-17(2)26-23(30)18-9-11-20(12-10-18)27-22(29)16-25-21-8-6-7-19(15-21)24(31)28-13-4-5-14-28/h6-12,15,17,25H,3-5,13-14,16H2,1-2H3,(H,26,30)(H,27,29). The Morgan fingerprint density at radius 1 is 0.968 bits per heavy atom. The van der Waals surface area contributed by atoms with Crippen LogP contribution in [-0.4, -0.2) is 48.3 Å².